The van der Waals surface area contributed by atoms with Crippen LogP contribution in [0.3, 0.4) is 0 Å². The van der Waals surface area contributed by atoms with Crippen molar-refractivity contribution in [1.82, 2.24) is 25.6 Å². The zero-order chi connectivity index (χ0) is 41.3. The second-order valence-electron chi connectivity index (χ2n) is 13.4. The Morgan fingerprint density at radius 3 is 2.17 bits per heavy atom. The Hall–Kier alpha value is -6.21. The number of hydrogen-bond acceptors (Lipinski definition) is 12. The summed E-state index contributed by atoms with van der Waals surface area (Å²) in [7, 11) is 0. The van der Waals surface area contributed by atoms with Crippen LogP contribution in [0.2, 0.25) is 5.02 Å². The molecule has 3 amide bonds. The number of nitrogens with one attached hydrogen (secondary N) is 5. The Morgan fingerprint density at radius 2 is 1.53 bits per heavy atom. The largest absolute Gasteiger partial charge is 0.490 e. The van der Waals surface area contributed by atoms with Gasteiger partial charge in [-0.1, -0.05) is 23.7 Å². The maximum absolute atomic E-state index is 13.0. The summed E-state index contributed by atoms with van der Waals surface area (Å²) in [4.78, 5) is 62.0. The van der Waals surface area contributed by atoms with Crippen LogP contribution in [-0.4, -0.2) is 88.4 Å². The molecule has 1 aliphatic heterocycles. The molecule has 1 aliphatic carbocycles. The van der Waals surface area contributed by atoms with E-state index in [1.165, 1.54) is 24.3 Å². The molecule has 16 nitrogen and oxygen atoms in total. The zero-order valence-electron chi connectivity index (χ0n) is 30.6. The van der Waals surface area contributed by atoms with Gasteiger partial charge in [0.05, 0.1) is 18.8 Å². The number of rotatable bonds is 16. The van der Waals surface area contributed by atoms with Crippen molar-refractivity contribution in [1.29, 1.82) is 0 Å². The minimum Gasteiger partial charge on any atom is -0.490 e. The third-order valence-corrected chi connectivity index (χ3v) is 9.24. The van der Waals surface area contributed by atoms with Gasteiger partial charge in [0.15, 0.2) is 6.61 Å². The fourth-order valence-corrected chi connectivity index (χ4v) is 5.93. The molecular weight excluding hydrogens is 789 g/mol. The maximum Gasteiger partial charge on any atom is 0.422 e. The normalized spacial score (nSPS) is 15.3. The van der Waals surface area contributed by atoms with Crippen molar-refractivity contribution < 1.29 is 51.7 Å². The summed E-state index contributed by atoms with van der Waals surface area (Å²) < 4.78 is 54.9. The number of aromatic nitrogens is 3. The monoisotopic (exact) mass is 826 g/mol. The van der Waals surface area contributed by atoms with Crippen LogP contribution in [0, 0.1) is 0 Å². The number of benzene rings is 3. The predicted octanol–water partition coefficient (Wildman–Crippen LogP) is 5.20. The number of anilines is 4. The highest BCUT2D eigenvalue weighted by molar-refractivity contribution is 6.39. The van der Waals surface area contributed by atoms with Gasteiger partial charge in [0.25, 0.3) is 5.91 Å². The Balaban J connectivity index is 1.01. The van der Waals surface area contributed by atoms with E-state index in [4.69, 9.17) is 25.8 Å². The van der Waals surface area contributed by atoms with E-state index in [-0.39, 0.29) is 36.5 Å². The van der Waals surface area contributed by atoms with Crippen LogP contribution in [0.4, 0.5) is 36.4 Å². The first kappa shape index (κ1) is 41.4. The van der Waals surface area contributed by atoms with Gasteiger partial charge in [-0.05, 0) is 85.5 Å². The van der Waals surface area contributed by atoms with Gasteiger partial charge in [-0.3, -0.25) is 14.4 Å². The van der Waals surface area contributed by atoms with Crippen molar-refractivity contribution in [2.75, 3.05) is 42.3 Å². The van der Waals surface area contributed by atoms with Crippen molar-refractivity contribution in [3.05, 3.63) is 88.9 Å². The molecule has 2 heterocycles. The lowest BCUT2D eigenvalue weighted by molar-refractivity contribution is -0.154. The molecule has 1 atom stereocenters. The fourth-order valence-electron chi connectivity index (χ4n) is 5.81. The van der Waals surface area contributed by atoms with E-state index in [0.717, 1.165) is 18.4 Å². The number of halogens is 4. The Kier molecular flexibility index (Phi) is 13.1. The summed E-state index contributed by atoms with van der Waals surface area (Å²) >= 11 is 6.03. The highest BCUT2D eigenvalue weighted by Gasteiger charge is 2.45. The van der Waals surface area contributed by atoms with E-state index < -0.39 is 54.1 Å². The minimum atomic E-state index is -4.65. The Bertz CT molecular complexity index is 2080. The van der Waals surface area contributed by atoms with Crippen LogP contribution in [0.5, 0.6) is 11.8 Å². The number of carbonyl (C=O) groups is 4. The van der Waals surface area contributed by atoms with Crippen molar-refractivity contribution >= 4 is 58.6 Å². The van der Waals surface area contributed by atoms with Gasteiger partial charge in [0, 0.05) is 41.3 Å². The first-order valence-corrected chi connectivity index (χ1v) is 18.5. The van der Waals surface area contributed by atoms with Crippen LogP contribution in [0.15, 0.2) is 72.8 Å². The lowest BCUT2D eigenvalue weighted by Gasteiger charge is -2.23. The number of alkyl halides is 3. The van der Waals surface area contributed by atoms with Crippen molar-refractivity contribution in [3.8, 4) is 11.8 Å². The SMILES string of the molecule is O=C(NCC[C@H](NC(=O)c1ccc(Nc2nc(NC3(c4ccc(Cl)cc4)CC3)nc(OCC(F)(F)F)n2)cc1)C(=O)O)C(=O)Nc1ccc(OC2CCOCC2)cc1. The summed E-state index contributed by atoms with van der Waals surface area (Å²) in [6.07, 6.45) is -1.92. The van der Waals surface area contributed by atoms with E-state index in [1.54, 1.807) is 36.4 Å². The molecule has 1 saturated heterocycles. The summed E-state index contributed by atoms with van der Waals surface area (Å²) in [6.45, 7) is -0.631. The standard InChI is InChI=1S/C38H38ClF3N8O8/c39-24-5-3-23(4-6-24)37(16-17-37)50-35-47-34(48-36(49-35)57-21-38(40,41)42)45-26-7-1-22(2-8-26)30(51)46-29(33(54)55)13-18-43-31(52)32(53)44-25-9-11-27(12-10-25)58-28-14-19-56-20-15-28/h1-12,28-29H,13-21H2,(H,43,52)(H,44,53)(H,46,51)(H,54,55)(H2,45,47,48,49,50)/t29-/m0/s1. The van der Waals surface area contributed by atoms with Gasteiger partial charge >= 0.3 is 30.0 Å². The molecule has 0 radical (unpaired) electrons. The number of ether oxygens (including phenoxy) is 3. The van der Waals surface area contributed by atoms with Crippen LogP contribution in [-0.2, 0) is 24.7 Å². The van der Waals surface area contributed by atoms with Crippen molar-refractivity contribution in [3.63, 3.8) is 0 Å². The van der Waals surface area contributed by atoms with Gasteiger partial charge in [-0.2, -0.15) is 28.1 Å². The topological polar surface area (TPSA) is 215 Å². The van der Waals surface area contributed by atoms with E-state index in [9.17, 15) is 37.5 Å². The molecular formula is C38H38ClF3N8O8. The third-order valence-electron chi connectivity index (χ3n) is 8.99. The second kappa shape index (κ2) is 18.4. The first-order valence-electron chi connectivity index (χ1n) is 18.1. The molecule has 58 heavy (non-hydrogen) atoms. The van der Waals surface area contributed by atoms with Gasteiger partial charge in [-0.25, -0.2) is 4.79 Å². The summed E-state index contributed by atoms with van der Waals surface area (Å²) in [5.41, 5.74) is 1.05. The molecule has 2 fully saturated rings. The van der Waals surface area contributed by atoms with E-state index in [0.29, 0.717) is 48.2 Å². The van der Waals surface area contributed by atoms with Crippen LogP contribution in [0.1, 0.15) is 48.0 Å². The van der Waals surface area contributed by atoms with Crippen molar-refractivity contribution in [2.45, 2.75) is 56.0 Å². The molecule has 4 aromatic rings. The molecule has 6 N–H and O–H groups in total. The predicted molar refractivity (Wildman–Crippen MR) is 203 cm³/mol. The summed E-state index contributed by atoms with van der Waals surface area (Å²) in [6, 6.07) is 17.2. The lowest BCUT2D eigenvalue weighted by Crippen LogP contribution is -2.44. The second-order valence-corrected chi connectivity index (χ2v) is 13.8. The highest BCUT2D eigenvalue weighted by Crippen LogP contribution is 2.48. The van der Waals surface area contributed by atoms with E-state index in [1.807, 2.05) is 12.1 Å². The van der Waals surface area contributed by atoms with Gasteiger partial charge in [-0.15, -0.1) is 0 Å². The van der Waals surface area contributed by atoms with Gasteiger partial charge in [0.1, 0.15) is 17.9 Å². The highest BCUT2D eigenvalue weighted by atomic mass is 35.5. The molecule has 0 spiro atoms. The molecule has 0 unspecified atom stereocenters. The van der Waals surface area contributed by atoms with Crippen molar-refractivity contribution in [2.24, 2.45) is 0 Å². The molecule has 2 aliphatic rings. The molecule has 1 saturated carbocycles. The van der Waals surface area contributed by atoms with Gasteiger partial charge in [0.2, 0.25) is 11.9 Å². The molecule has 0 bridgehead atoms. The van der Waals surface area contributed by atoms with Crippen LogP contribution in [0.25, 0.3) is 0 Å². The summed E-state index contributed by atoms with van der Waals surface area (Å²) in [5, 5.41) is 23.5. The molecule has 6 rings (SSSR count). The number of aliphatic carboxylic acids is 1. The molecule has 3 aromatic carbocycles. The number of amides is 3. The number of carboxylic acids is 1. The Labute approximate surface area is 334 Å². The third kappa shape index (κ3) is 11.9. The average molecular weight is 827 g/mol. The number of nitrogens with zero attached hydrogens (tertiary/aromatic N) is 3. The van der Waals surface area contributed by atoms with Crippen LogP contribution >= 0.6 is 11.6 Å². The molecule has 20 heteroatoms. The lowest BCUT2D eigenvalue weighted by atomic mass is 10.1. The smallest absolute Gasteiger partial charge is 0.422 e. The number of hydrogen-bond donors (Lipinski definition) is 6. The number of carbonyl (C=O) groups excluding carboxylic acids is 3. The Morgan fingerprint density at radius 1 is 0.879 bits per heavy atom. The van der Waals surface area contributed by atoms with E-state index >= 15 is 0 Å². The average Bonchev–Trinajstić information content (AvgIpc) is 3.98. The van der Waals surface area contributed by atoms with Crippen LogP contribution < -0.4 is 36.1 Å². The first-order chi connectivity index (χ1) is 27.7. The van der Waals surface area contributed by atoms with Gasteiger partial charge < -0.3 is 45.9 Å². The summed E-state index contributed by atoms with van der Waals surface area (Å²) in [5.74, 6) is -3.69. The fraction of sp³-hybridized carbons (Fsp3) is 0.342. The molecule has 306 valence electrons. The maximum atomic E-state index is 13.0. The van der Waals surface area contributed by atoms with E-state index in [2.05, 4.69) is 41.5 Å². The molecule has 1 aromatic heterocycles. The number of carboxylic acid groups (broad SMARTS) is 1. The quantitative estimate of drug-likeness (QED) is 0.0803. The zero-order valence-corrected chi connectivity index (χ0v) is 31.4. The minimum absolute atomic E-state index is 0.0349.